The Morgan fingerprint density at radius 1 is 1.06 bits per heavy atom. The normalized spacial score (nSPS) is 25.6. The molecule has 2 amide bonds. The number of carbonyl (C=O) groups is 3. The summed E-state index contributed by atoms with van der Waals surface area (Å²) in [5.41, 5.74) is -0.239. The fourth-order valence-electron chi connectivity index (χ4n) is 5.75. The first-order chi connectivity index (χ1) is 17.4. The maximum Gasteiger partial charge on any atom is 0.325 e. The molecule has 36 heavy (non-hydrogen) atoms. The van der Waals surface area contributed by atoms with Gasteiger partial charge >= 0.3 is 5.97 Å². The predicted octanol–water partition coefficient (Wildman–Crippen LogP) is 3.74. The van der Waals surface area contributed by atoms with Crippen molar-refractivity contribution in [1.29, 1.82) is 0 Å². The third-order valence-electron chi connectivity index (χ3n) is 7.42. The second-order valence-corrected chi connectivity index (χ2v) is 9.36. The van der Waals surface area contributed by atoms with Crippen LogP contribution in [0, 0.1) is 11.8 Å². The Morgan fingerprint density at radius 3 is 2.50 bits per heavy atom. The van der Waals surface area contributed by atoms with E-state index in [2.05, 4.69) is 5.32 Å². The number of hydrogen-bond acceptors (Lipinski definition) is 5. The van der Waals surface area contributed by atoms with Crippen LogP contribution in [0.25, 0.3) is 10.8 Å². The third kappa shape index (κ3) is 3.67. The van der Waals surface area contributed by atoms with Crippen LogP contribution < -0.4 is 10.1 Å². The van der Waals surface area contributed by atoms with Crippen LogP contribution in [0.5, 0.6) is 5.75 Å². The highest BCUT2D eigenvalue weighted by atomic mass is 16.5. The number of rotatable bonds is 7. The molecule has 0 saturated carbocycles. The summed E-state index contributed by atoms with van der Waals surface area (Å²) < 4.78 is 5.55. The van der Waals surface area contributed by atoms with Crippen LogP contribution in [0.3, 0.4) is 0 Å². The van der Waals surface area contributed by atoms with Crippen molar-refractivity contribution in [2.24, 2.45) is 11.8 Å². The zero-order valence-electron chi connectivity index (χ0n) is 20.2. The van der Waals surface area contributed by atoms with Gasteiger partial charge in [0.05, 0.1) is 18.9 Å². The van der Waals surface area contributed by atoms with Gasteiger partial charge in [0.1, 0.15) is 11.3 Å². The first kappa shape index (κ1) is 23.8. The van der Waals surface area contributed by atoms with Crippen molar-refractivity contribution < 1.29 is 24.2 Å². The highest BCUT2D eigenvalue weighted by Crippen LogP contribution is 2.51. The lowest BCUT2D eigenvalue weighted by atomic mass is 9.76. The number of nitrogens with zero attached hydrogens (tertiary/aromatic N) is 1. The summed E-state index contributed by atoms with van der Waals surface area (Å²) in [6.45, 7) is 1.93. The van der Waals surface area contributed by atoms with Gasteiger partial charge in [-0.25, -0.2) is 0 Å². The van der Waals surface area contributed by atoms with Gasteiger partial charge < -0.3 is 9.84 Å². The first-order valence-electron chi connectivity index (χ1n) is 12.0. The molecule has 3 aromatic carbocycles. The van der Waals surface area contributed by atoms with Crippen molar-refractivity contribution in [1.82, 2.24) is 10.2 Å². The number of para-hydroxylation sites is 1. The number of allylic oxidation sites excluding steroid dienone is 1. The van der Waals surface area contributed by atoms with Crippen molar-refractivity contribution in [2.45, 2.75) is 24.9 Å². The second kappa shape index (κ2) is 9.24. The minimum absolute atomic E-state index is 0.0520. The molecule has 4 unspecified atom stereocenters. The van der Waals surface area contributed by atoms with E-state index in [1.54, 1.807) is 18.2 Å². The number of likely N-dealkylation sites (tertiary alicyclic amines) is 1. The van der Waals surface area contributed by atoms with Crippen molar-refractivity contribution >= 4 is 28.6 Å². The van der Waals surface area contributed by atoms with Crippen LogP contribution in [-0.2, 0) is 20.8 Å². The molecule has 2 heterocycles. The molecular formula is C29H28N2O5. The topological polar surface area (TPSA) is 95.9 Å². The number of aliphatic carboxylic acids is 1. The maximum atomic E-state index is 13.7. The lowest BCUT2D eigenvalue weighted by molar-refractivity contribution is -0.151. The Morgan fingerprint density at radius 2 is 1.78 bits per heavy atom. The van der Waals surface area contributed by atoms with Crippen molar-refractivity contribution in [3.63, 3.8) is 0 Å². The summed E-state index contributed by atoms with van der Waals surface area (Å²) in [6, 6.07) is 20.1. The highest BCUT2D eigenvalue weighted by Gasteiger charge is 2.68. The molecule has 0 aromatic heterocycles. The van der Waals surface area contributed by atoms with E-state index in [0.717, 1.165) is 16.3 Å². The second-order valence-electron chi connectivity index (χ2n) is 9.36. The number of methoxy groups -OCH3 is 1. The van der Waals surface area contributed by atoms with E-state index in [9.17, 15) is 19.5 Å². The van der Waals surface area contributed by atoms with E-state index in [4.69, 9.17) is 4.74 Å². The molecule has 2 aliphatic heterocycles. The zero-order valence-corrected chi connectivity index (χ0v) is 20.2. The van der Waals surface area contributed by atoms with Gasteiger partial charge in [0.25, 0.3) is 0 Å². The largest absolute Gasteiger partial charge is 0.496 e. The summed E-state index contributed by atoms with van der Waals surface area (Å²) in [5.74, 6) is -3.38. The smallest absolute Gasteiger partial charge is 0.325 e. The van der Waals surface area contributed by atoms with E-state index in [1.807, 2.05) is 67.6 Å². The molecule has 2 fully saturated rings. The summed E-state index contributed by atoms with van der Waals surface area (Å²) in [7, 11) is 1.53. The minimum atomic E-state index is -1.67. The molecule has 7 nitrogen and oxygen atoms in total. The number of ether oxygens (including phenoxy) is 1. The Bertz CT molecular complexity index is 1380. The fourth-order valence-corrected chi connectivity index (χ4v) is 5.75. The standard InChI is InChI=1S/C29H28N2O5/c1-3-4-15-31-26(32)23-24(27(31)33)29(28(34)35,30-25(23)21-11-7-8-12-22(21)36-2)17-18-13-14-19-9-5-6-10-20(19)16-18/h3-14,16,23-25,30H,15,17H2,1-2H3,(H,34,35). The molecule has 2 N–H and O–H groups in total. The number of benzene rings is 3. The number of imide groups is 1. The molecule has 184 valence electrons. The number of nitrogens with one attached hydrogen (secondary N) is 1. The summed E-state index contributed by atoms with van der Waals surface area (Å²) in [6.07, 6.45) is 3.55. The molecule has 3 aromatic rings. The molecule has 2 aliphatic rings. The van der Waals surface area contributed by atoms with Gasteiger partial charge in [-0.05, 0) is 29.3 Å². The maximum absolute atomic E-state index is 13.7. The monoisotopic (exact) mass is 484 g/mol. The number of carboxylic acid groups (broad SMARTS) is 1. The molecule has 2 saturated heterocycles. The number of fused-ring (bicyclic) bond motifs is 2. The molecule has 4 atom stereocenters. The lowest BCUT2D eigenvalue weighted by Crippen LogP contribution is -2.57. The van der Waals surface area contributed by atoms with Gasteiger partial charge in [0, 0.05) is 24.6 Å². The number of carbonyl (C=O) groups excluding carboxylic acids is 2. The highest BCUT2D eigenvalue weighted by molar-refractivity contribution is 6.09. The van der Waals surface area contributed by atoms with Crippen molar-refractivity contribution in [3.05, 3.63) is 90.0 Å². The van der Waals surface area contributed by atoms with E-state index in [-0.39, 0.29) is 18.9 Å². The molecule has 0 aliphatic carbocycles. The van der Waals surface area contributed by atoms with Gasteiger partial charge in [0.2, 0.25) is 11.8 Å². The average molecular weight is 485 g/mol. The zero-order chi connectivity index (χ0) is 25.4. The van der Waals surface area contributed by atoms with Crippen LogP contribution >= 0.6 is 0 Å². The molecule has 0 bridgehead atoms. The summed E-state index contributed by atoms with van der Waals surface area (Å²) in [4.78, 5) is 41.6. The van der Waals surface area contributed by atoms with Gasteiger partial charge in [-0.1, -0.05) is 72.8 Å². The van der Waals surface area contributed by atoms with Crippen molar-refractivity contribution in [2.75, 3.05) is 13.7 Å². The van der Waals surface area contributed by atoms with Gasteiger partial charge in [-0.15, -0.1) is 0 Å². The van der Waals surface area contributed by atoms with Crippen LogP contribution in [-0.4, -0.2) is 47.0 Å². The van der Waals surface area contributed by atoms with E-state index < -0.39 is 35.3 Å². The lowest BCUT2D eigenvalue weighted by Gasteiger charge is -2.31. The van der Waals surface area contributed by atoms with E-state index >= 15 is 0 Å². The minimum Gasteiger partial charge on any atom is -0.496 e. The average Bonchev–Trinajstić information content (AvgIpc) is 3.36. The number of carboxylic acids is 1. The number of amides is 2. The third-order valence-corrected chi connectivity index (χ3v) is 7.42. The first-order valence-corrected chi connectivity index (χ1v) is 12.0. The summed E-state index contributed by atoms with van der Waals surface area (Å²) in [5, 5.41) is 15.9. The van der Waals surface area contributed by atoms with Crippen LogP contribution in [0.2, 0.25) is 0 Å². The van der Waals surface area contributed by atoms with E-state index in [0.29, 0.717) is 11.3 Å². The molecule has 0 radical (unpaired) electrons. The summed E-state index contributed by atoms with van der Waals surface area (Å²) >= 11 is 0. The predicted molar refractivity (Wildman–Crippen MR) is 135 cm³/mol. The van der Waals surface area contributed by atoms with Gasteiger partial charge in [-0.3, -0.25) is 24.6 Å². The Balaban J connectivity index is 1.64. The molecule has 5 rings (SSSR count). The fraction of sp³-hybridized carbons (Fsp3) is 0.276. The molecule has 0 spiro atoms. The number of hydrogen-bond donors (Lipinski definition) is 2. The molecule has 7 heteroatoms. The van der Waals surface area contributed by atoms with Gasteiger partial charge in [0.15, 0.2) is 0 Å². The SMILES string of the molecule is CC=CCN1C(=O)C2C(c3ccccc3OC)NC(Cc3ccc4ccccc4c3)(C(=O)O)C2C1=O. The Hall–Kier alpha value is -3.97. The Labute approximate surface area is 209 Å². The van der Waals surface area contributed by atoms with Crippen LogP contribution in [0.4, 0.5) is 0 Å². The van der Waals surface area contributed by atoms with E-state index in [1.165, 1.54) is 12.0 Å². The van der Waals surface area contributed by atoms with Gasteiger partial charge in [-0.2, -0.15) is 0 Å². The van der Waals surface area contributed by atoms with Crippen LogP contribution in [0.15, 0.2) is 78.9 Å². The van der Waals surface area contributed by atoms with Crippen LogP contribution in [0.1, 0.15) is 24.1 Å². The van der Waals surface area contributed by atoms with Crippen molar-refractivity contribution in [3.8, 4) is 5.75 Å². The molecular weight excluding hydrogens is 456 g/mol. The quantitative estimate of drug-likeness (QED) is 0.392. The Kier molecular flexibility index (Phi) is 6.10.